The Bertz CT molecular complexity index is 686. The van der Waals surface area contributed by atoms with Crippen LogP contribution >= 0.6 is 0 Å². The van der Waals surface area contributed by atoms with Gasteiger partial charge in [-0.05, 0) is 42.1 Å². The van der Waals surface area contributed by atoms with Crippen molar-refractivity contribution in [2.75, 3.05) is 6.54 Å². The first-order valence-corrected chi connectivity index (χ1v) is 6.99. The number of hydrogen-bond acceptors (Lipinski definition) is 2. The van der Waals surface area contributed by atoms with Gasteiger partial charge in [-0.15, -0.1) is 0 Å². The van der Waals surface area contributed by atoms with Crippen LogP contribution in [0.3, 0.4) is 0 Å². The molecule has 0 atom stereocenters. The largest absolute Gasteiger partial charge is 0.346 e. The molecular formula is C17H19N3. The predicted molar refractivity (Wildman–Crippen MR) is 82.6 cm³/mol. The Hall–Kier alpha value is -2.13. The molecular weight excluding hydrogens is 246 g/mol. The summed E-state index contributed by atoms with van der Waals surface area (Å²) in [5.74, 6) is 0. The lowest BCUT2D eigenvalue weighted by molar-refractivity contribution is 0.603. The fraction of sp³-hybridized carbons (Fsp3) is 0.235. The van der Waals surface area contributed by atoms with E-state index in [1.54, 1.807) is 0 Å². The number of pyridine rings is 1. The average molecular weight is 265 g/mol. The Kier molecular flexibility index (Phi) is 3.79. The van der Waals surface area contributed by atoms with Gasteiger partial charge in [0.1, 0.15) is 0 Å². The highest BCUT2D eigenvalue weighted by Crippen LogP contribution is 2.17. The zero-order chi connectivity index (χ0) is 13.8. The van der Waals surface area contributed by atoms with Crippen LogP contribution in [0.25, 0.3) is 10.9 Å². The lowest BCUT2D eigenvalue weighted by Gasteiger charge is -2.07. The van der Waals surface area contributed by atoms with Crippen molar-refractivity contribution in [2.45, 2.75) is 20.0 Å². The normalized spacial score (nSPS) is 11.1. The molecule has 0 bridgehead atoms. The highest BCUT2D eigenvalue weighted by atomic mass is 15.0. The Balaban J connectivity index is 1.59. The third-order valence-corrected chi connectivity index (χ3v) is 3.49. The van der Waals surface area contributed by atoms with Gasteiger partial charge in [-0.3, -0.25) is 4.98 Å². The molecule has 0 aliphatic carbocycles. The van der Waals surface area contributed by atoms with E-state index in [0.29, 0.717) is 0 Å². The number of nitrogens with zero attached hydrogens (tertiary/aromatic N) is 2. The lowest BCUT2D eigenvalue weighted by atomic mass is 10.2. The number of aryl methyl sites for hydroxylation is 1. The molecule has 102 valence electrons. The molecule has 1 N–H and O–H groups in total. The van der Waals surface area contributed by atoms with Crippen molar-refractivity contribution < 1.29 is 0 Å². The summed E-state index contributed by atoms with van der Waals surface area (Å²) in [6.07, 6.45) is 3.99. The molecule has 0 aliphatic heterocycles. The SMILES string of the molecule is Cc1ccc2ccn(CCNCc3ccccn3)c2c1. The number of nitrogens with one attached hydrogen (secondary N) is 1. The van der Waals surface area contributed by atoms with Crippen molar-refractivity contribution in [2.24, 2.45) is 0 Å². The zero-order valence-corrected chi connectivity index (χ0v) is 11.7. The van der Waals surface area contributed by atoms with E-state index >= 15 is 0 Å². The number of benzene rings is 1. The Morgan fingerprint density at radius 3 is 2.95 bits per heavy atom. The van der Waals surface area contributed by atoms with Gasteiger partial charge in [-0.25, -0.2) is 0 Å². The van der Waals surface area contributed by atoms with Crippen LogP contribution in [0.1, 0.15) is 11.3 Å². The lowest BCUT2D eigenvalue weighted by Crippen LogP contribution is -2.19. The fourth-order valence-corrected chi connectivity index (χ4v) is 2.41. The smallest absolute Gasteiger partial charge is 0.0541 e. The van der Waals surface area contributed by atoms with Crippen molar-refractivity contribution in [3.63, 3.8) is 0 Å². The first-order valence-electron chi connectivity index (χ1n) is 6.99. The topological polar surface area (TPSA) is 29.9 Å². The van der Waals surface area contributed by atoms with E-state index < -0.39 is 0 Å². The molecule has 0 fully saturated rings. The number of fused-ring (bicyclic) bond motifs is 1. The van der Waals surface area contributed by atoms with Crippen LogP contribution in [0.15, 0.2) is 54.9 Å². The van der Waals surface area contributed by atoms with E-state index in [1.807, 2.05) is 24.4 Å². The Morgan fingerprint density at radius 2 is 2.10 bits per heavy atom. The summed E-state index contributed by atoms with van der Waals surface area (Å²) in [5, 5.41) is 4.74. The standard InChI is InChI=1S/C17H19N3/c1-14-5-6-15-7-10-20(17(15)12-14)11-9-18-13-16-4-2-3-8-19-16/h2-8,10,12,18H,9,11,13H2,1H3. The molecule has 0 saturated carbocycles. The highest BCUT2D eigenvalue weighted by molar-refractivity contribution is 5.80. The van der Waals surface area contributed by atoms with Gasteiger partial charge < -0.3 is 9.88 Å². The summed E-state index contributed by atoms with van der Waals surface area (Å²) in [7, 11) is 0. The van der Waals surface area contributed by atoms with Crippen molar-refractivity contribution in [1.82, 2.24) is 14.9 Å². The number of hydrogen-bond donors (Lipinski definition) is 1. The first-order chi connectivity index (χ1) is 9.83. The maximum Gasteiger partial charge on any atom is 0.0541 e. The van der Waals surface area contributed by atoms with Gasteiger partial charge in [0.2, 0.25) is 0 Å². The van der Waals surface area contributed by atoms with Crippen molar-refractivity contribution in [3.05, 3.63) is 66.1 Å². The molecule has 2 heterocycles. The van der Waals surface area contributed by atoms with Gasteiger partial charge in [-0.2, -0.15) is 0 Å². The van der Waals surface area contributed by atoms with Gasteiger partial charge in [0.25, 0.3) is 0 Å². The van der Waals surface area contributed by atoms with Gasteiger partial charge in [0.05, 0.1) is 5.69 Å². The molecule has 2 aromatic heterocycles. The van der Waals surface area contributed by atoms with Crippen LogP contribution in [-0.4, -0.2) is 16.1 Å². The quantitative estimate of drug-likeness (QED) is 0.718. The monoisotopic (exact) mass is 265 g/mol. The van der Waals surface area contributed by atoms with E-state index in [9.17, 15) is 0 Å². The highest BCUT2D eigenvalue weighted by Gasteiger charge is 2.00. The van der Waals surface area contributed by atoms with E-state index in [-0.39, 0.29) is 0 Å². The predicted octanol–water partition coefficient (Wildman–Crippen LogP) is 3.13. The molecule has 3 rings (SSSR count). The summed E-state index contributed by atoms with van der Waals surface area (Å²) in [5.41, 5.74) is 3.70. The van der Waals surface area contributed by atoms with E-state index in [4.69, 9.17) is 0 Å². The maximum absolute atomic E-state index is 4.31. The molecule has 0 radical (unpaired) electrons. The van der Waals surface area contributed by atoms with Crippen molar-refractivity contribution >= 4 is 10.9 Å². The van der Waals surface area contributed by atoms with Crippen LogP contribution in [0.5, 0.6) is 0 Å². The summed E-state index contributed by atoms with van der Waals surface area (Å²) in [6.45, 7) is 4.86. The fourth-order valence-electron chi connectivity index (χ4n) is 2.41. The van der Waals surface area contributed by atoms with E-state index in [0.717, 1.165) is 25.3 Å². The molecule has 3 aromatic rings. The van der Waals surface area contributed by atoms with Crippen LogP contribution in [0.2, 0.25) is 0 Å². The van der Waals surface area contributed by atoms with Crippen LogP contribution in [0, 0.1) is 6.92 Å². The molecule has 0 amide bonds. The third kappa shape index (κ3) is 2.89. The van der Waals surface area contributed by atoms with Crippen LogP contribution in [0.4, 0.5) is 0 Å². The van der Waals surface area contributed by atoms with E-state index in [1.165, 1.54) is 16.5 Å². The molecule has 3 heteroatoms. The average Bonchev–Trinajstić information content (AvgIpc) is 2.87. The number of rotatable bonds is 5. The maximum atomic E-state index is 4.31. The molecule has 0 unspecified atom stereocenters. The van der Waals surface area contributed by atoms with E-state index in [2.05, 4.69) is 52.3 Å². The number of aromatic nitrogens is 2. The summed E-state index contributed by atoms with van der Waals surface area (Å²) >= 11 is 0. The zero-order valence-electron chi connectivity index (χ0n) is 11.7. The summed E-state index contributed by atoms with van der Waals surface area (Å²) < 4.78 is 2.30. The molecule has 3 nitrogen and oxygen atoms in total. The van der Waals surface area contributed by atoms with Gasteiger partial charge in [0.15, 0.2) is 0 Å². The van der Waals surface area contributed by atoms with Gasteiger partial charge in [0, 0.05) is 37.5 Å². The summed E-state index contributed by atoms with van der Waals surface area (Å²) in [4.78, 5) is 4.31. The van der Waals surface area contributed by atoms with Gasteiger partial charge >= 0.3 is 0 Å². The van der Waals surface area contributed by atoms with Crippen molar-refractivity contribution in [1.29, 1.82) is 0 Å². The van der Waals surface area contributed by atoms with Crippen molar-refractivity contribution in [3.8, 4) is 0 Å². The van der Waals surface area contributed by atoms with Crippen LogP contribution in [-0.2, 0) is 13.1 Å². The second-order valence-corrected chi connectivity index (χ2v) is 5.07. The second kappa shape index (κ2) is 5.88. The Morgan fingerprint density at radius 1 is 1.15 bits per heavy atom. The molecule has 1 aromatic carbocycles. The van der Waals surface area contributed by atoms with Crippen LogP contribution < -0.4 is 5.32 Å². The third-order valence-electron chi connectivity index (χ3n) is 3.49. The first kappa shape index (κ1) is 12.9. The molecule has 0 saturated heterocycles. The molecule has 0 aliphatic rings. The molecule has 20 heavy (non-hydrogen) atoms. The Labute approximate surface area is 119 Å². The second-order valence-electron chi connectivity index (χ2n) is 5.07. The minimum Gasteiger partial charge on any atom is -0.346 e. The minimum absolute atomic E-state index is 0.819. The summed E-state index contributed by atoms with van der Waals surface area (Å²) in [6, 6.07) is 14.8. The molecule has 0 spiro atoms. The minimum atomic E-state index is 0.819. The van der Waals surface area contributed by atoms with Gasteiger partial charge in [-0.1, -0.05) is 18.2 Å².